The number of nitrogens with one attached hydrogen (secondary N) is 1. The summed E-state index contributed by atoms with van der Waals surface area (Å²) >= 11 is 1.08. The average Bonchev–Trinajstić information content (AvgIpc) is 2.56. The van der Waals surface area contributed by atoms with E-state index in [9.17, 15) is 14.4 Å². The lowest BCUT2D eigenvalue weighted by atomic mass is 10.3. The van der Waals surface area contributed by atoms with Gasteiger partial charge in [-0.3, -0.25) is 14.4 Å². The van der Waals surface area contributed by atoms with Gasteiger partial charge in [-0.05, 0) is 13.8 Å². The molecule has 0 aliphatic carbocycles. The van der Waals surface area contributed by atoms with Crippen molar-refractivity contribution in [2.45, 2.75) is 32.9 Å². The second-order valence-electron chi connectivity index (χ2n) is 3.67. The van der Waals surface area contributed by atoms with Gasteiger partial charge in [0.05, 0.1) is 0 Å². The molecule has 0 radical (unpaired) electrons. The summed E-state index contributed by atoms with van der Waals surface area (Å²) in [6, 6.07) is -0.914. The van der Waals surface area contributed by atoms with Gasteiger partial charge < -0.3 is 15.0 Å². The topological polar surface area (TPSA) is 88.4 Å². The highest BCUT2D eigenvalue weighted by Crippen LogP contribution is 2.00. The summed E-state index contributed by atoms with van der Waals surface area (Å²) in [5.41, 5.74) is 0.805. The van der Waals surface area contributed by atoms with Crippen molar-refractivity contribution in [3.05, 3.63) is 20.7 Å². The van der Waals surface area contributed by atoms with E-state index in [1.165, 1.54) is 11.5 Å². The summed E-state index contributed by atoms with van der Waals surface area (Å²) in [7, 11) is 0. The van der Waals surface area contributed by atoms with Crippen LogP contribution in [0.1, 0.15) is 19.0 Å². The van der Waals surface area contributed by atoms with Crippen molar-refractivity contribution in [1.29, 1.82) is 0 Å². The van der Waals surface area contributed by atoms with E-state index in [0.717, 1.165) is 17.0 Å². The molecule has 1 atom stereocenters. The Kier molecular flexibility index (Phi) is 4.45. The molecule has 7 heteroatoms. The minimum absolute atomic E-state index is 0.0924. The normalized spacial score (nSPS) is 12.1. The maximum atomic E-state index is 11.4. The SMILES string of the molecule is Cc1csc(=O)n1CCC(=O)NC(C)C(=O)O. The van der Waals surface area contributed by atoms with Crippen LogP contribution >= 0.6 is 11.3 Å². The molecule has 94 valence electrons. The molecule has 0 aromatic carbocycles. The summed E-state index contributed by atoms with van der Waals surface area (Å²) < 4.78 is 1.50. The van der Waals surface area contributed by atoms with Crippen molar-refractivity contribution in [2.75, 3.05) is 0 Å². The number of hydrogen-bond acceptors (Lipinski definition) is 4. The van der Waals surface area contributed by atoms with Crippen molar-refractivity contribution >= 4 is 23.2 Å². The summed E-state index contributed by atoms with van der Waals surface area (Å²) in [6.07, 6.45) is 0.0924. The van der Waals surface area contributed by atoms with Gasteiger partial charge >= 0.3 is 10.8 Å². The molecule has 0 aliphatic heterocycles. The van der Waals surface area contributed by atoms with Crippen molar-refractivity contribution in [2.24, 2.45) is 0 Å². The lowest BCUT2D eigenvalue weighted by Gasteiger charge is -2.09. The molecule has 1 amide bonds. The van der Waals surface area contributed by atoms with Gasteiger partial charge in [0.1, 0.15) is 6.04 Å². The summed E-state index contributed by atoms with van der Waals surface area (Å²) in [5.74, 6) is -1.46. The first-order chi connectivity index (χ1) is 7.91. The van der Waals surface area contributed by atoms with Crippen molar-refractivity contribution in [1.82, 2.24) is 9.88 Å². The van der Waals surface area contributed by atoms with Gasteiger partial charge in [0, 0.05) is 24.0 Å². The Hall–Kier alpha value is -1.63. The molecule has 0 spiro atoms. The number of aliphatic carboxylic acids is 1. The monoisotopic (exact) mass is 258 g/mol. The molecular weight excluding hydrogens is 244 g/mol. The molecule has 1 rings (SSSR count). The second-order valence-corrected chi connectivity index (χ2v) is 4.49. The van der Waals surface area contributed by atoms with E-state index in [4.69, 9.17) is 5.11 Å². The Morgan fingerprint density at radius 2 is 2.24 bits per heavy atom. The van der Waals surface area contributed by atoms with E-state index in [0.29, 0.717) is 0 Å². The number of aromatic nitrogens is 1. The molecule has 0 fully saturated rings. The maximum absolute atomic E-state index is 11.4. The highest BCUT2D eigenvalue weighted by atomic mass is 32.1. The lowest BCUT2D eigenvalue weighted by molar-refractivity contribution is -0.141. The number of carboxylic acid groups (broad SMARTS) is 1. The third kappa shape index (κ3) is 3.70. The lowest BCUT2D eigenvalue weighted by Crippen LogP contribution is -2.38. The Morgan fingerprint density at radius 3 is 2.71 bits per heavy atom. The van der Waals surface area contributed by atoms with Gasteiger partial charge in [-0.1, -0.05) is 11.3 Å². The van der Waals surface area contributed by atoms with Crippen LogP contribution in [0.25, 0.3) is 0 Å². The molecule has 0 saturated heterocycles. The number of thiazole rings is 1. The van der Waals surface area contributed by atoms with Gasteiger partial charge in [-0.2, -0.15) is 0 Å². The van der Waals surface area contributed by atoms with E-state index in [-0.39, 0.29) is 23.7 Å². The number of nitrogens with zero attached hydrogens (tertiary/aromatic N) is 1. The number of amides is 1. The summed E-state index contributed by atoms with van der Waals surface area (Å²) in [4.78, 5) is 33.1. The highest BCUT2D eigenvalue weighted by Gasteiger charge is 2.14. The molecule has 2 N–H and O–H groups in total. The smallest absolute Gasteiger partial charge is 0.325 e. The largest absolute Gasteiger partial charge is 0.480 e. The Bertz CT molecular complexity index is 477. The van der Waals surface area contributed by atoms with Gasteiger partial charge in [0.2, 0.25) is 5.91 Å². The zero-order valence-corrected chi connectivity index (χ0v) is 10.4. The highest BCUT2D eigenvalue weighted by molar-refractivity contribution is 7.07. The van der Waals surface area contributed by atoms with Crippen LogP contribution in [-0.2, 0) is 16.1 Å². The van der Waals surface area contributed by atoms with Crippen molar-refractivity contribution in [3.8, 4) is 0 Å². The van der Waals surface area contributed by atoms with Crippen LogP contribution < -0.4 is 10.2 Å². The van der Waals surface area contributed by atoms with Gasteiger partial charge in [0.25, 0.3) is 0 Å². The molecule has 1 aromatic rings. The molecule has 1 heterocycles. The number of rotatable bonds is 5. The number of aryl methyl sites for hydroxylation is 1. The predicted molar refractivity (Wildman–Crippen MR) is 63.2 cm³/mol. The Labute approximate surface area is 102 Å². The number of carbonyl (C=O) groups is 2. The Balaban J connectivity index is 2.49. The van der Waals surface area contributed by atoms with Gasteiger partial charge in [-0.25, -0.2) is 0 Å². The van der Waals surface area contributed by atoms with Crippen LogP contribution in [0, 0.1) is 6.92 Å². The third-order valence-corrected chi connectivity index (χ3v) is 3.17. The van der Waals surface area contributed by atoms with Crippen LogP contribution in [0.2, 0.25) is 0 Å². The van der Waals surface area contributed by atoms with E-state index >= 15 is 0 Å². The van der Waals surface area contributed by atoms with E-state index in [1.54, 1.807) is 12.3 Å². The van der Waals surface area contributed by atoms with E-state index in [1.807, 2.05) is 0 Å². The second kappa shape index (κ2) is 5.62. The first-order valence-corrected chi connectivity index (χ1v) is 5.97. The third-order valence-electron chi connectivity index (χ3n) is 2.29. The average molecular weight is 258 g/mol. The fraction of sp³-hybridized carbons (Fsp3) is 0.500. The zero-order valence-electron chi connectivity index (χ0n) is 9.60. The minimum Gasteiger partial charge on any atom is -0.480 e. The number of hydrogen-bond donors (Lipinski definition) is 2. The molecule has 6 nitrogen and oxygen atoms in total. The van der Waals surface area contributed by atoms with Gasteiger partial charge in [-0.15, -0.1) is 0 Å². The zero-order chi connectivity index (χ0) is 13.0. The first-order valence-electron chi connectivity index (χ1n) is 5.09. The Morgan fingerprint density at radius 1 is 1.59 bits per heavy atom. The van der Waals surface area contributed by atoms with Crippen LogP contribution in [0.3, 0.4) is 0 Å². The standard InChI is InChI=1S/C10H14N2O4S/c1-6-5-17-10(16)12(6)4-3-8(13)11-7(2)9(14)15/h5,7H,3-4H2,1-2H3,(H,11,13)(H,14,15). The van der Waals surface area contributed by atoms with Crippen LogP contribution in [-0.4, -0.2) is 27.6 Å². The predicted octanol–water partition coefficient (Wildman–Crippen LogP) is 0.198. The van der Waals surface area contributed by atoms with Crippen molar-refractivity contribution < 1.29 is 14.7 Å². The fourth-order valence-electron chi connectivity index (χ4n) is 1.26. The van der Waals surface area contributed by atoms with Gasteiger partial charge in [0.15, 0.2) is 0 Å². The van der Waals surface area contributed by atoms with E-state index in [2.05, 4.69) is 5.32 Å². The number of carboxylic acids is 1. The molecule has 0 bridgehead atoms. The van der Waals surface area contributed by atoms with Crippen LogP contribution in [0.5, 0.6) is 0 Å². The molecule has 1 aromatic heterocycles. The molecule has 0 saturated carbocycles. The number of carbonyl (C=O) groups excluding carboxylic acids is 1. The maximum Gasteiger partial charge on any atom is 0.325 e. The summed E-state index contributed by atoms with van der Waals surface area (Å²) in [5, 5.41) is 12.7. The molecule has 17 heavy (non-hydrogen) atoms. The quantitative estimate of drug-likeness (QED) is 0.789. The molecule has 0 aliphatic rings. The summed E-state index contributed by atoms with van der Waals surface area (Å²) in [6.45, 7) is 3.45. The van der Waals surface area contributed by atoms with Crippen molar-refractivity contribution in [3.63, 3.8) is 0 Å². The minimum atomic E-state index is -1.08. The first kappa shape index (κ1) is 13.4. The van der Waals surface area contributed by atoms with Crippen LogP contribution in [0.15, 0.2) is 10.2 Å². The fourth-order valence-corrected chi connectivity index (χ4v) is 2.02. The molecule has 1 unspecified atom stereocenters. The van der Waals surface area contributed by atoms with Crippen LogP contribution in [0.4, 0.5) is 0 Å². The van der Waals surface area contributed by atoms with E-state index < -0.39 is 12.0 Å². The molecular formula is C10H14N2O4S.